The van der Waals surface area contributed by atoms with E-state index in [-0.39, 0.29) is 16.9 Å². The van der Waals surface area contributed by atoms with Gasteiger partial charge in [0.15, 0.2) is 5.11 Å². The highest BCUT2D eigenvalue weighted by atomic mass is 32.1. The van der Waals surface area contributed by atoms with E-state index in [1.54, 1.807) is 24.3 Å². The highest BCUT2D eigenvalue weighted by Crippen LogP contribution is 2.18. The monoisotopic (exact) mass is 375 g/mol. The van der Waals surface area contributed by atoms with E-state index in [2.05, 4.69) is 22.9 Å². The van der Waals surface area contributed by atoms with E-state index >= 15 is 0 Å². The van der Waals surface area contributed by atoms with Crippen LogP contribution in [0.3, 0.4) is 0 Å². The number of hydrogen-bond acceptors (Lipinski definition) is 3. The van der Waals surface area contributed by atoms with Crippen LogP contribution in [0.1, 0.15) is 75.1 Å². The molecule has 0 bridgehead atoms. The van der Waals surface area contributed by atoms with E-state index in [1.807, 2.05) is 0 Å². The Morgan fingerprint density at radius 3 is 2.42 bits per heavy atom. The number of hydrogen-bond donors (Lipinski definition) is 3. The van der Waals surface area contributed by atoms with Crippen LogP contribution in [-0.4, -0.2) is 23.0 Å². The summed E-state index contributed by atoms with van der Waals surface area (Å²) in [4.78, 5) is 24.1. The maximum atomic E-state index is 12.3. The maximum Gasteiger partial charge on any atom is 0.251 e. The lowest BCUT2D eigenvalue weighted by Gasteiger charge is -2.22. The van der Waals surface area contributed by atoms with Gasteiger partial charge in [-0.3, -0.25) is 9.59 Å². The number of carbonyl (C=O) groups is 2. The van der Waals surface area contributed by atoms with Gasteiger partial charge in [0.25, 0.3) is 5.91 Å². The summed E-state index contributed by atoms with van der Waals surface area (Å²) in [5.74, 6) is -0.102. The molecular weight excluding hydrogens is 346 g/mol. The van der Waals surface area contributed by atoms with Crippen molar-refractivity contribution in [1.82, 2.24) is 10.6 Å². The number of benzene rings is 1. The van der Waals surface area contributed by atoms with Crippen LogP contribution in [0.4, 0.5) is 5.69 Å². The standard InChI is InChI=1S/C20H29N3O2S/c1-2-3-5-10-18(24)23-20(26)22-17-13-11-15(12-14-17)19(25)21-16-8-6-4-7-9-16/h11-14,16H,2-10H2,1H3,(H,21,25)(H2,22,23,24,26). The first-order chi connectivity index (χ1) is 12.6. The zero-order valence-electron chi connectivity index (χ0n) is 15.5. The summed E-state index contributed by atoms with van der Waals surface area (Å²) >= 11 is 5.16. The van der Waals surface area contributed by atoms with E-state index in [9.17, 15) is 9.59 Å². The van der Waals surface area contributed by atoms with Crippen LogP contribution >= 0.6 is 12.2 Å². The summed E-state index contributed by atoms with van der Waals surface area (Å²) in [6.07, 6.45) is 9.25. The Kier molecular flexibility index (Phi) is 8.54. The van der Waals surface area contributed by atoms with Gasteiger partial charge >= 0.3 is 0 Å². The molecule has 1 aliphatic rings. The molecule has 142 valence electrons. The fraction of sp³-hybridized carbons (Fsp3) is 0.550. The minimum absolute atomic E-state index is 0.0322. The summed E-state index contributed by atoms with van der Waals surface area (Å²) in [5.41, 5.74) is 1.38. The summed E-state index contributed by atoms with van der Waals surface area (Å²) in [7, 11) is 0. The second-order valence-corrected chi connectivity index (χ2v) is 7.25. The van der Waals surface area contributed by atoms with Gasteiger partial charge in [-0.15, -0.1) is 0 Å². The molecule has 1 aromatic rings. The molecule has 0 saturated heterocycles. The number of unbranched alkanes of at least 4 members (excludes halogenated alkanes) is 2. The molecule has 1 aliphatic carbocycles. The first-order valence-electron chi connectivity index (χ1n) is 9.60. The van der Waals surface area contributed by atoms with Crippen LogP contribution in [-0.2, 0) is 4.79 Å². The number of amides is 2. The van der Waals surface area contributed by atoms with E-state index in [0.29, 0.717) is 18.0 Å². The SMILES string of the molecule is CCCCCC(=O)NC(=S)Nc1ccc(C(=O)NC2CCCCC2)cc1. The van der Waals surface area contributed by atoms with Crippen LogP contribution in [0.25, 0.3) is 0 Å². The highest BCUT2D eigenvalue weighted by molar-refractivity contribution is 7.80. The predicted octanol–water partition coefficient (Wildman–Crippen LogP) is 4.14. The molecule has 0 unspecified atom stereocenters. The van der Waals surface area contributed by atoms with Gasteiger partial charge in [-0.25, -0.2) is 0 Å². The lowest BCUT2D eigenvalue weighted by Crippen LogP contribution is -2.36. The quantitative estimate of drug-likeness (QED) is 0.495. The zero-order chi connectivity index (χ0) is 18.8. The molecule has 0 heterocycles. The Bertz CT molecular complexity index is 610. The number of anilines is 1. The summed E-state index contributed by atoms with van der Waals surface area (Å²) < 4.78 is 0. The van der Waals surface area contributed by atoms with Crippen molar-refractivity contribution in [3.63, 3.8) is 0 Å². The molecule has 3 N–H and O–H groups in total. The molecule has 1 aromatic carbocycles. The van der Waals surface area contributed by atoms with Gasteiger partial charge < -0.3 is 16.0 Å². The molecule has 0 spiro atoms. The van der Waals surface area contributed by atoms with Crippen molar-refractivity contribution in [3.8, 4) is 0 Å². The summed E-state index contributed by atoms with van der Waals surface area (Å²) in [6.45, 7) is 2.10. The minimum atomic E-state index is -0.0700. The average molecular weight is 376 g/mol. The summed E-state index contributed by atoms with van der Waals surface area (Å²) in [5, 5.41) is 9.05. The summed E-state index contributed by atoms with van der Waals surface area (Å²) in [6, 6.07) is 7.43. The molecule has 2 amide bonds. The molecule has 1 fully saturated rings. The van der Waals surface area contributed by atoms with Crippen LogP contribution in [0.5, 0.6) is 0 Å². The molecule has 6 heteroatoms. The molecule has 26 heavy (non-hydrogen) atoms. The normalized spacial score (nSPS) is 14.5. The molecule has 5 nitrogen and oxygen atoms in total. The van der Waals surface area contributed by atoms with Crippen LogP contribution in [0, 0.1) is 0 Å². The molecule has 0 aliphatic heterocycles. The zero-order valence-corrected chi connectivity index (χ0v) is 16.3. The third kappa shape index (κ3) is 7.12. The van der Waals surface area contributed by atoms with Crippen molar-refractivity contribution in [2.45, 2.75) is 70.8 Å². The topological polar surface area (TPSA) is 70.2 Å². The van der Waals surface area contributed by atoms with Crippen molar-refractivity contribution >= 4 is 34.8 Å². The second kappa shape index (κ2) is 10.9. The van der Waals surface area contributed by atoms with Crippen LogP contribution in [0.2, 0.25) is 0 Å². The largest absolute Gasteiger partial charge is 0.349 e. The smallest absolute Gasteiger partial charge is 0.251 e. The third-order valence-electron chi connectivity index (χ3n) is 4.61. The van der Waals surface area contributed by atoms with Gasteiger partial charge in [-0.2, -0.15) is 0 Å². The van der Waals surface area contributed by atoms with Gasteiger partial charge in [0.1, 0.15) is 0 Å². The van der Waals surface area contributed by atoms with Gasteiger partial charge in [0.2, 0.25) is 5.91 Å². The van der Waals surface area contributed by atoms with Crippen LogP contribution in [0.15, 0.2) is 24.3 Å². The predicted molar refractivity (Wildman–Crippen MR) is 109 cm³/mol. The van der Waals surface area contributed by atoms with Crippen molar-refractivity contribution in [2.75, 3.05) is 5.32 Å². The van der Waals surface area contributed by atoms with Gasteiger partial charge in [-0.1, -0.05) is 39.0 Å². The number of nitrogens with one attached hydrogen (secondary N) is 3. The lowest BCUT2D eigenvalue weighted by atomic mass is 9.95. The Balaban J connectivity index is 1.78. The number of thiocarbonyl (C=S) groups is 1. The van der Waals surface area contributed by atoms with Gasteiger partial charge in [-0.05, 0) is 55.7 Å². The highest BCUT2D eigenvalue weighted by Gasteiger charge is 2.16. The Hall–Kier alpha value is -1.95. The molecule has 0 aromatic heterocycles. The molecular formula is C20H29N3O2S. The van der Waals surface area contributed by atoms with Crippen molar-refractivity contribution < 1.29 is 9.59 Å². The Morgan fingerprint density at radius 1 is 1.08 bits per heavy atom. The lowest BCUT2D eigenvalue weighted by molar-refractivity contribution is -0.119. The van der Waals surface area contributed by atoms with E-state index in [0.717, 1.165) is 37.8 Å². The van der Waals surface area contributed by atoms with Crippen molar-refractivity contribution in [2.24, 2.45) is 0 Å². The van der Waals surface area contributed by atoms with E-state index < -0.39 is 0 Å². The minimum Gasteiger partial charge on any atom is -0.349 e. The Labute approximate surface area is 161 Å². The van der Waals surface area contributed by atoms with E-state index in [1.165, 1.54) is 19.3 Å². The molecule has 1 saturated carbocycles. The van der Waals surface area contributed by atoms with Gasteiger partial charge in [0, 0.05) is 23.7 Å². The first-order valence-corrected chi connectivity index (χ1v) is 10.0. The fourth-order valence-corrected chi connectivity index (χ4v) is 3.34. The van der Waals surface area contributed by atoms with Gasteiger partial charge in [0.05, 0.1) is 0 Å². The second-order valence-electron chi connectivity index (χ2n) is 6.85. The molecule has 2 rings (SSSR count). The third-order valence-corrected chi connectivity index (χ3v) is 4.81. The van der Waals surface area contributed by atoms with E-state index in [4.69, 9.17) is 12.2 Å². The molecule has 0 radical (unpaired) electrons. The van der Waals surface area contributed by atoms with Crippen molar-refractivity contribution in [3.05, 3.63) is 29.8 Å². The average Bonchev–Trinajstić information content (AvgIpc) is 2.63. The molecule has 0 atom stereocenters. The fourth-order valence-electron chi connectivity index (χ4n) is 3.11. The number of rotatable bonds is 7. The van der Waals surface area contributed by atoms with Crippen molar-refractivity contribution in [1.29, 1.82) is 0 Å². The Morgan fingerprint density at radius 2 is 1.77 bits per heavy atom. The first kappa shape index (κ1) is 20.4. The maximum absolute atomic E-state index is 12.3. The number of carbonyl (C=O) groups excluding carboxylic acids is 2. The van der Waals surface area contributed by atoms with Crippen LogP contribution < -0.4 is 16.0 Å².